The first kappa shape index (κ1) is 31.5. The molecule has 0 unspecified atom stereocenters. The number of hydrogen-bond donors (Lipinski definition) is 0. The molecule has 0 saturated heterocycles. The summed E-state index contributed by atoms with van der Waals surface area (Å²) in [4.78, 5) is 15.5. The lowest BCUT2D eigenvalue weighted by Gasteiger charge is -2.10. The summed E-state index contributed by atoms with van der Waals surface area (Å²) in [5.74, 6) is 1.72. The summed E-state index contributed by atoms with van der Waals surface area (Å²) >= 11 is 0. The topological polar surface area (TPSA) is 69.9 Å². The van der Waals surface area contributed by atoms with E-state index in [4.69, 9.17) is 23.8 Å². The zero-order chi connectivity index (χ0) is 37.5. The molecule has 0 fully saturated rings. The minimum atomic E-state index is 0.563. The van der Waals surface area contributed by atoms with Crippen LogP contribution in [0.25, 0.3) is 117 Å². The predicted molar refractivity (Wildman–Crippen MR) is 230 cm³/mol. The van der Waals surface area contributed by atoms with E-state index in [1.54, 1.807) is 0 Å². The van der Waals surface area contributed by atoms with Gasteiger partial charge >= 0.3 is 0 Å². The van der Waals surface area contributed by atoms with Crippen molar-refractivity contribution >= 4 is 65.7 Å². The molecule has 6 nitrogen and oxygen atoms in total. The van der Waals surface area contributed by atoms with Crippen molar-refractivity contribution in [1.29, 1.82) is 0 Å². The molecule has 0 aliphatic heterocycles. The largest absolute Gasteiger partial charge is 0.456 e. The lowest BCUT2D eigenvalue weighted by Crippen LogP contribution is -2.00. The van der Waals surface area contributed by atoms with Gasteiger partial charge in [-0.25, -0.2) is 15.0 Å². The first-order valence-corrected chi connectivity index (χ1v) is 19.0. The first-order valence-electron chi connectivity index (χ1n) is 19.0. The summed E-state index contributed by atoms with van der Waals surface area (Å²) in [5.41, 5.74) is 11.4. The van der Waals surface area contributed by atoms with Crippen molar-refractivity contribution in [3.63, 3.8) is 0 Å². The van der Waals surface area contributed by atoms with Crippen LogP contribution in [0.15, 0.2) is 191 Å². The van der Waals surface area contributed by atoms with E-state index in [0.717, 1.165) is 77.3 Å². The molecular formula is C51H30N4O2. The van der Waals surface area contributed by atoms with Crippen LogP contribution in [0.2, 0.25) is 0 Å². The highest BCUT2D eigenvalue weighted by Gasteiger charge is 2.23. The Balaban J connectivity index is 1.10. The minimum absolute atomic E-state index is 0.563. The maximum Gasteiger partial charge on any atom is 0.164 e. The fourth-order valence-electron chi connectivity index (χ4n) is 8.53. The van der Waals surface area contributed by atoms with Gasteiger partial charge in [0, 0.05) is 49.0 Å². The van der Waals surface area contributed by atoms with Crippen molar-refractivity contribution in [1.82, 2.24) is 19.5 Å². The van der Waals surface area contributed by atoms with E-state index < -0.39 is 0 Å². The molecule has 12 aromatic rings. The Morgan fingerprint density at radius 1 is 0.351 bits per heavy atom. The third-order valence-electron chi connectivity index (χ3n) is 11.1. The molecule has 0 radical (unpaired) electrons. The van der Waals surface area contributed by atoms with E-state index in [9.17, 15) is 0 Å². The molecule has 4 heterocycles. The molecule has 4 aromatic heterocycles. The second-order valence-corrected chi connectivity index (χ2v) is 14.3. The fraction of sp³-hybridized carbons (Fsp3) is 0. The molecule has 0 saturated carbocycles. The van der Waals surface area contributed by atoms with Crippen molar-refractivity contribution in [2.75, 3.05) is 0 Å². The third-order valence-corrected chi connectivity index (χ3v) is 11.1. The molecule has 266 valence electrons. The van der Waals surface area contributed by atoms with Crippen molar-refractivity contribution in [3.8, 4) is 51.0 Å². The van der Waals surface area contributed by atoms with E-state index >= 15 is 0 Å². The van der Waals surface area contributed by atoms with E-state index in [0.29, 0.717) is 17.5 Å². The third kappa shape index (κ3) is 4.87. The predicted octanol–water partition coefficient (Wildman–Crippen LogP) is 13.4. The second kappa shape index (κ2) is 12.3. The van der Waals surface area contributed by atoms with Gasteiger partial charge in [-0.15, -0.1) is 0 Å². The first-order chi connectivity index (χ1) is 28.3. The van der Waals surface area contributed by atoms with Gasteiger partial charge in [0.15, 0.2) is 23.1 Å². The lowest BCUT2D eigenvalue weighted by atomic mass is 10.0. The highest BCUT2D eigenvalue weighted by Crippen LogP contribution is 2.42. The number of benzene rings is 8. The number of furan rings is 2. The molecular weight excluding hydrogens is 701 g/mol. The Labute approximate surface area is 325 Å². The summed E-state index contributed by atoms with van der Waals surface area (Å²) in [6.45, 7) is 0. The monoisotopic (exact) mass is 730 g/mol. The Hall–Kier alpha value is -7.83. The van der Waals surface area contributed by atoms with Crippen molar-refractivity contribution < 1.29 is 8.83 Å². The number of aromatic nitrogens is 4. The lowest BCUT2D eigenvalue weighted by molar-refractivity contribution is 0.666. The van der Waals surface area contributed by atoms with Crippen molar-refractivity contribution in [3.05, 3.63) is 182 Å². The van der Waals surface area contributed by atoms with Gasteiger partial charge in [0.05, 0.1) is 16.7 Å². The van der Waals surface area contributed by atoms with Gasteiger partial charge in [-0.05, 0) is 53.6 Å². The summed E-state index contributed by atoms with van der Waals surface area (Å²) in [5, 5.41) is 6.30. The molecule has 0 atom stereocenters. The van der Waals surface area contributed by atoms with Crippen LogP contribution in [-0.4, -0.2) is 19.5 Å². The molecule has 57 heavy (non-hydrogen) atoms. The number of fused-ring (bicyclic) bond motifs is 9. The molecule has 6 heteroatoms. The summed E-state index contributed by atoms with van der Waals surface area (Å²) in [6, 6.07) is 62.6. The van der Waals surface area contributed by atoms with E-state index in [1.807, 2.05) is 72.8 Å². The van der Waals surface area contributed by atoms with Crippen LogP contribution in [0, 0.1) is 0 Å². The molecule has 8 aromatic carbocycles. The minimum Gasteiger partial charge on any atom is -0.456 e. The molecule has 0 aliphatic rings. The maximum absolute atomic E-state index is 6.88. The Kier molecular flexibility index (Phi) is 6.83. The standard InChI is InChI=1S/C51H30N4O2/c1-3-14-31(15-4-1)33-28-29-41-39(30-33)34-18-7-9-23-40(34)55(41)42-24-11-20-36-47-38(22-13-27-45(47)57-48(36)42)51-53-49(32-16-5-2-6-17-32)52-50(54-51)37-21-12-26-44-46(37)35-19-8-10-25-43(35)56-44/h1-30H. The van der Waals surface area contributed by atoms with E-state index in [2.05, 4.69) is 114 Å². The van der Waals surface area contributed by atoms with Crippen LogP contribution in [0.3, 0.4) is 0 Å². The Morgan fingerprint density at radius 2 is 0.912 bits per heavy atom. The SMILES string of the molecule is c1ccc(-c2ccc3c(c2)c2ccccc2n3-c2cccc3c2oc2cccc(-c4nc(-c5ccccc5)nc(-c5cccc6oc7ccccc7c56)n4)c23)cc1. The van der Waals surface area contributed by atoms with Gasteiger partial charge in [0.2, 0.25) is 0 Å². The van der Waals surface area contributed by atoms with Gasteiger partial charge in [-0.2, -0.15) is 0 Å². The zero-order valence-corrected chi connectivity index (χ0v) is 30.4. The summed E-state index contributed by atoms with van der Waals surface area (Å²) in [7, 11) is 0. The van der Waals surface area contributed by atoms with Gasteiger partial charge in [-0.1, -0.05) is 140 Å². The van der Waals surface area contributed by atoms with Gasteiger partial charge < -0.3 is 13.4 Å². The molecule has 12 rings (SSSR count). The zero-order valence-electron chi connectivity index (χ0n) is 30.4. The second-order valence-electron chi connectivity index (χ2n) is 14.3. The van der Waals surface area contributed by atoms with Crippen LogP contribution in [0.4, 0.5) is 0 Å². The normalized spacial score (nSPS) is 11.9. The average Bonchev–Trinajstić information content (AvgIpc) is 3.96. The maximum atomic E-state index is 6.88. The van der Waals surface area contributed by atoms with Crippen LogP contribution in [0.5, 0.6) is 0 Å². The highest BCUT2D eigenvalue weighted by molar-refractivity contribution is 6.16. The molecule has 0 spiro atoms. The van der Waals surface area contributed by atoms with Gasteiger partial charge in [0.1, 0.15) is 16.7 Å². The Morgan fingerprint density at radius 3 is 1.68 bits per heavy atom. The van der Waals surface area contributed by atoms with Crippen LogP contribution in [0.1, 0.15) is 0 Å². The molecule has 0 amide bonds. The smallest absolute Gasteiger partial charge is 0.164 e. The van der Waals surface area contributed by atoms with E-state index in [1.165, 1.54) is 21.9 Å². The Bertz CT molecular complexity index is 3530. The number of rotatable bonds is 5. The number of para-hydroxylation sites is 3. The molecule has 0 bridgehead atoms. The van der Waals surface area contributed by atoms with Gasteiger partial charge in [-0.3, -0.25) is 0 Å². The number of nitrogens with zero attached hydrogens (tertiary/aromatic N) is 4. The van der Waals surface area contributed by atoms with Crippen LogP contribution < -0.4 is 0 Å². The highest BCUT2D eigenvalue weighted by atomic mass is 16.3. The van der Waals surface area contributed by atoms with Crippen LogP contribution in [-0.2, 0) is 0 Å². The van der Waals surface area contributed by atoms with Crippen molar-refractivity contribution in [2.24, 2.45) is 0 Å². The fourth-order valence-corrected chi connectivity index (χ4v) is 8.53. The quantitative estimate of drug-likeness (QED) is 0.176. The van der Waals surface area contributed by atoms with Crippen LogP contribution >= 0.6 is 0 Å². The van der Waals surface area contributed by atoms with Gasteiger partial charge in [0.25, 0.3) is 0 Å². The summed E-state index contributed by atoms with van der Waals surface area (Å²) in [6.07, 6.45) is 0. The average molecular weight is 731 g/mol. The molecule has 0 aliphatic carbocycles. The molecule has 0 N–H and O–H groups in total. The van der Waals surface area contributed by atoms with E-state index in [-0.39, 0.29) is 0 Å². The summed E-state index contributed by atoms with van der Waals surface area (Å²) < 4.78 is 15.5. The van der Waals surface area contributed by atoms with Crippen molar-refractivity contribution in [2.45, 2.75) is 0 Å². The number of hydrogen-bond acceptors (Lipinski definition) is 5.